The summed E-state index contributed by atoms with van der Waals surface area (Å²) in [6.45, 7) is 2.51. The molecule has 0 aliphatic rings. The fourth-order valence-corrected chi connectivity index (χ4v) is 2.52. The summed E-state index contributed by atoms with van der Waals surface area (Å²) in [5, 5.41) is 11.5. The first kappa shape index (κ1) is 16.9. The molecule has 0 amide bonds. The minimum absolute atomic E-state index is 0.424. The Labute approximate surface area is 150 Å². The first-order valence-corrected chi connectivity index (χ1v) is 8.21. The maximum absolute atomic E-state index is 5.52. The van der Waals surface area contributed by atoms with E-state index in [0.717, 1.165) is 11.1 Å². The minimum Gasteiger partial charge on any atom is -0.493 e. The van der Waals surface area contributed by atoms with Crippen molar-refractivity contribution in [3.63, 3.8) is 0 Å². The second kappa shape index (κ2) is 7.76. The highest BCUT2D eigenvalue weighted by Gasteiger charge is 2.08. The molecule has 3 rings (SSSR count). The molecule has 0 bridgehead atoms. The lowest BCUT2D eigenvalue weighted by molar-refractivity contribution is 0.311. The van der Waals surface area contributed by atoms with E-state index in [4.69, 9.17) is 21.7 Å². The summed E-state index contributed by atoms with van der Waals surface area (Å²) in [6, 6.07) is 15.4. The van der Waals surface area contributed by atoms with Crippen LogP contribution in [-0.4, -0.2) is 34.8 Å². The van der Waals surface area contributed by atoms with E-state index in [-0.39, 0.29) is 0 Å². The van der Waals surface area contributed by atoms with Gasteiger partial charge in [0.2, 0.25) is 4.77 Å². The van der Waals surface area contributed by atoms with E-state index in [1.165, 1.54) is 0 Å². The first-order chi connectivity index (χ1) is 12.2. The fourth-order valence-electron chi connectivity index (χ4n) is 2.34. The number of ether oxygens (including phenoxy) is 2. The van der Waals surface area contributed by atoms with E-state index in [9.17, 15) is 0 Å². The quantitative estimate of drug-likeness (QED) is 0.539. The molecule has 0 atom stereocenters. The Bertz CT molecular complexity index is 932. The zero-order chi connectivity index (χ0) is 17.6. The Kier molecular flexibility index (Phi) is 5.25. The predicted octanol–water partition coefficient (Wildman–Crippen LogP) is 3.90. The smallest absolute Gasteiger partial charge is 0.216 e. The molecule has 0 saturated heterocycles. The van der Waals surface area contributed by atoms with Gasteiger partial charge in [0, 0.05) is 5.56 Å². The molecule has 25 heavy (non-hydrogen) atoms. The van der Waals surface area contributed by atoms with Crippen molar-refractivity contribution in [3.05, 3.63) is 58.9 Å². The average molecular weight is 354 g/mol. The Morgan fingerprint density at radius 3 is 2.72 bits per heavy atom. The molecule has 0 aliphatic carbocycles. The molecule has 0 aliphatic heterocycles. The monoisotopic (exact) mass is 354 g/mol. The summed E-state index contributed by atoms with van der Waals surface area (Å²) in [5.41, 5.74) is 1.79. The largest absolute Gasteiger partial charge is 0.493 e. The van der Waals surface area contributed by atoms with Crippen LogP contribution in [0.15, 0.2) is 53.6 Å². The summed E-state index contributed by atoms with van der Waals surface area (Å²) in [7, 11) is 1.61. The number of benzene rings is 2. The molecule has 128 valence electrons. The fraction of sp³-hybridized carbons (Fsp3) is 0.167. The normalized spacial score (nSPS) is 11.0. The lowest BCUT2D eigenvalue weighted by Crippen LogP contribution is -1.97. The third-order valence-corrected chi connectivity index (χ3v) is 3.76. The van der Waals surface area contributed by atoms with E-state index in [0.29, 0.717) is 28.7 Å². The summed E-state index contributed by atoms with van der Waals surface area (Å²) < 4.78 is 12.9. The van der Waals surface area contributed by atoms with E-state index < -0.39 is 0 Å². The van der Waals surface area contributed by atoms with Crippen molar-refractivity contribution in [1.82, 2.24) is 14.9 Å². The summed E-state index contributed by atoms with van der Waals surface area (Å²) in [6.07, 6.45) is 1.70. The molecule has 3 aromatic rings. The zero-order valence-corrected chi connectivity index (χ0v) is 14.8. The van der Waals surface area contributed by atoms with Gasteiger partial charge in [-0.05, 0) is 42.9 Å². The number of methoxy groups -OCH3 is 1. The summed E-state index contributed by atoms with van der Waals surface area (Å²) in [4.78, 5) is 0. The predicted molar refractivity (Wildman–Crippen MR) is 100 cm³/mol. The number of rotatable bonds is 6. The molecule has 7 heteroatoms. The van der Waals surface area contributed by atoms with Crippen molar-refractivity contribution in [2.45, 2.75) is 6.92 Å². The van der Waals surface area contributed by atoms with E-state index in [1.54, 1.807) is 18.0 Å². The lowest BCUT2D eigenvalue weighted by atomic mass is 10.2. The van der Waals surface area contributed by atoms with Crippen molar-refractivity contribution in [3.8, 4) is 22.9 Å². The second-order valence-electron chi connectivity index (χ2n) is 5.12. The van der Waals surface area contributed by atoms with Gasteiger partial charge in [-0.3, -0.25) is 0 Å². The van der Waals surface area contributed by atoms with Crippen molar-refractivity contribution < 1.29 is 9.47 Å². The SMILES string of the molecule is CCOc1ccc(/C=N\n2c(-c3ccccc3)n[nH]c2=S)cc1OC. The van der Waals surface area contributed by atoms with Crippen LogP contribution in [0.1, 0.15) is 12.5 Å². The van der Waals surface area contributed by atoms with Gasteiger partial charge in [0.1, 0.15) is 0 Å². The van der Waals surface area contributed by atoms with Crippen LogP contribution in [0, 0.1) is 4.77 Å². The first-order valence-electron chi connectivity index (χ1n) is 7.81. The highest BCUT2D eigenvalue weighted by atomic mass is 32.1. The number of nitrogens with one attached hydrogen (secondary N) is 1. The molecule has 1 heterocycles. The van der Waals surface area contributed by atoms with Gasteiger partial charge in [-0.25, -0.2) is 5.10 Å². The third-order valence-electron chi connectivity index (χ3n) is 3.49. The Morgan fingerprint density at radius 1 is 1.20 bits per heavy atom. The lowest BCUT2D eigenvalue weighted by Gasteiger charge is -2.09. The number of aromatic amines is 1. The minimum atomic E-state index is 0.424. The van der Waals surface area contributed by atoms with Gasteiger partial charge in [0.15, 0.2) is 17.3 Å². The number of hydrogen-bond acceptors (Lipinski definition) is 5. The number of hydrogen-bond donors (Lipinski definition) is 1. The van der Waals surface area contributed by atoms with E-state index >= 15 is 0 Å². The van der Waals surface area contributed by atoms with Gasteiger partial charge < -0.3 is 9.47 Å². The van der Waals surface area contributed by atoms with Crippen molar-refractivity contribution in [2.24, 2.45) is 5.10 Å². The topological polar surface area (TPSA) is 64.4 Å². The Hall–Kier alpha value is -2.93. The Balaban J connectivity index is 1.93. The summed E-state index contributed by atoms with van der Waals surface area (Å²) >= 11 is 5.28. The molecule has 1 aromatic heterocycles. The van der Waals surface area contributed by atoms with Gasteiger partial charge in [-0.2, -0.15) is 14.9 Å². The Morgan fingerprint density at radius 2 is 2.00 bits per heavy atom. The zero-order valence-electron chi connectivity index (χ0n) is 14.0. The molecule has 0 radical (unpaired) electrons. The van der Waals surface area contributed by atoms with Gasteiger partial charge in [0.05, 0.1) is 19.9 Å². The van der Waals surface area contributed by atoms with Gasteiger partial charge in [-0.15, -0.1) is 0 Å². The highest BCUT2D eigenvalue weighted by molar-refractivity contribution is 7.71. The van der Waals surface area contributed by atoms with Crippen LogP contribution in [0.4, 0.5) is 0 Å². The number of aromatic nitrogens is 3. The highest BCUT2D eigenvalue weighted by Crippen LogP contribution is 2.27. The van der Waals surface area contributed by atoms with Crippen LogP contribution >= 0.6 is 12.2 Å². The molecule has 6 nitrogen and oxygen atoms in total. The third kappa shape index (κ3) is 3.77. The molecule has 0 fully saturated rings. The average Bonchev–Trinajstić information content (AvgIpc) is 3.02. The van der Waals surface area contributed by atoms with Crippen LogP contribution in [0.25, 0.3) is 11.4 Å². The van der Waals surface area contributed by atoms with Crippen LogP contribution in [0.3, 0.4) is 0 Å². The second-order valence-corrected chi connectivity index (χ2v) is 5.50. The number of H-pyrrole nitrogens is 1. The molecular formula is C18H18N4O2S. The van der Waals surface area contributed by atoms with E-state index in [1.807, 2.05) is 55.5 Å². The maximum atomic E-state index is 5.52. The van der Waals surface area contributed by atoms with Crippen molar-refractivity contribution in [1.29, 1.82) is 0 Å². The van der Waals surface area contributed by atoms with Gasteiger partial charge >= 0.3 is 0 Å². The van der Waals surface area contributed by atoms with Gasteiger partial charge in [-0.1, -0.05) is 30.3 Å². The van der Waals surface area contributed by atoms with Crippen LogP contribution in [0.2, 0.25) is 0 Å². The van der Waals surface area contributed by atoms with Gasteiger partial charge in [0.25, 0.3) is 0 Å². The molecule has 0 unspecified atom stereocenters. The van der Waals surface area contributed by atoms with Crippen LogP contribution in [-0.2, 0) is 0 Å². The molecule has 2 aromatic carbocycles. The standard InChI is InChI=1S/C18H18N4O2S/c1-3-24-15-10-9-13(11-16(15)23-2)12-19-22-17(20-21-18(22)25)14-7-5-4-6-8-14/h4-12H,3H2,1-2H3,(H,21,25)/b19-12-. The molecule has 0 saturated carbocycles. The van der Waals surface area contributed by atoms with Crippen LogP contribution < -0.4 is 9.47 Å². The van der Waals surface area contributed by atoms with Crippen molar-refractivity contribution >= 4 is 18.4 Å². The molecule has 1 N–H and O–H groups in total. The number of nitrogens with zero attached hydrogens (tertiary/aromatic N) is 3. The van der Waals surface area contributed by atoms with Crippen LogP contribution in [0.5, 0.6) is 11.5 Å². The van der Waals surface area contributed by atoms with E-state index in [2.05, 4.69) is 15.3 Å². The summed E-state index contributed by atoms with van der Waals surface area (Å²) in [5.74, 6) is 2.01. The maximum Gasteiger partial charge on any atom is 0.216 e. The molecular weight excluding hydrogens is 336 g/mol. The van der Waals surface area contributed by atoms with Crippen molar-refractivity contribution in [2.75, 3.05) is 13.7 Å². The molecule has 0 spiro atoms.